The van der Waals surface area contributed by atoms with Crippen LogP contribution < -0.4 is 0 Å². The number of aryl methyl sites for hydroxylation is 1. The number of aliphatic hydroxyl groups is 1. The minimum Gasteiger partial charge on any atom is -0.383 e. The van der Waals surface area contributed by atoms with Crippen molar-refractivity contribution in [2.45, 2.75) is 18.9 Å². The summed E-state index contributed by atoms with van der Waals surface area (Å²) in [5, 5.41) is 15.5. The summed E-state index contributed by atoms with van der Waals surface area (Å²) in [6, 6.07) is 16.6. The quantitative estimate of drug-likeness (QED) is 0.742. The molecule has 4 rings (SSSR count). The van der Waals surface area contributed by atoms with Crippen LogP contribution >= 0.6 is 11.6 Å². The van der Waals surface area contributed by atoms with Crippen LogP contribution in [0.25, 0.3) is 11.3 Å². The Morgan fingerprint density at radius 1 is 1.22 bits per heavy atom. The van der Waals surface area contributed by atoms with Gasteiger partial charge in [-0.05, 0) is 25.0 Å². The number of β-amino-alcohol motifs (C(OH)–C–C–N with tert-alkyl or cyclic N) is 1. The number of hydrogen-bond donors (Lipinski definition) is 1. The van der Waals surface area contributed by atoms with Crippen molar-refractivity contribution in [3.63, 3.8) is 0 Å². The van der Waals surface area contributed by atoms with Gasteiger partial charge in [-0.15, -0.1) is 0 Å². The van der Waals surface area contributed by atoms with E-state index < -0.39 is 5.60 Å². The lowest BCUT2D eigenvalue weighted by atomic mass is 9.92. The molecule has 27 heavy (non-hydrogen) atoms. The first kappa shape index (κ1) is 17.8. The molecule has 0 unspecified atom stereocenters. The first-order chi connectivity index (χ1) is 13.0. The monoisotopic (exact) mass is 382 g/mol. The summed E-state index contributed by atoms with van der Waals surface area (Å²) in [6.07, 6.45) is 0.479. The third kappa shape index (κ3) is 3.36. The van der Waals surface area contributed by atoms with E-state index in [4.69, 9.17) is 16.1 Å². The zero-order valence-electron chi connectivity index (χ0n) is 14.9. The van der Waals surface area contributed by atoms with E-state index in [9.17, 15) is 9.90 Å². The van der Waals surface area contributed by atoms with E-state index in [1.54, 1.807) is 17.0 Å². The second-order valence-electron chi connectivity index (χ2n) is 6.93. The molecule has 1 aliphatic heterocycles. The zero-order valence-corrected chi connectivity index (χ0v) is 15.6. The van der Waals surface area contributed by atoms with Crippen molar-refractivity contribution in [3.8, 4) is 11.3 Å². The molecule has 6 heteroatoms. The maximum absolute atomic E-state index is 12.8. The molecule has 138 valence electrons. The third-order valence-corrected chi connectivity index (χ3v) is 5.32. The molecule has 5 nitrogen and oxygen atoms in total. The molecule has 1 aliphatic rings. The van der Waals surface area contributed by atoms with Crippen LogP contribution in [0, 0.1) is 6.92 Å². The van der Waals surface area contributed by atoms with Gasteiger partial charge in [0.05, 0.1) is 11.6 Å². The number of carbonyl (C=O) groups is 1. The first-order valence-corrected chi connectivity index (χ1v) is 9.14. The Labute approximate surface area is 162 Å². The predicted octanol–water partition coefficient (Wildman–Crippen LogP) is 4.04. The van der Waals surface area contributed by atoms with Crippen LogP contribution in [0.5, 0.6) is 0 Å². The number of likely N-dealkylation sites (tertiary alicyclic amines) is 1. The van der Waals surface area contributed by atoms with Gasteiger partial charge in [0.2, 0.25) is 5.76 Å². The van der Waals surface area contributed by atoms with Gasteiger partial charge in [-0.3, -0.25) is 4.79 Å². The molecular weight excluding hydrogens is 364 g/mol. The lowest BCUT2D eigenvalue weighted by Crippen LogP contribution is -2.34. The number of nitrogens with zero attached hydrogens (tertiary/aromatic N) is 2. The Morgan fingerprint density at radius 3 is 2.70 bits per heavy atom. The SMILES string of the molecule is Cc1ccc([C@]2(O)CCN(C(=O)c3cc(-c4ccccc4Cl)no3)C2)cc1. The van der Waals surface area contributed by atoms with Crippen molar-refractivity contribution in [1.29, 1.82) is 0 Å². The Kier molecular flexibility index (Phi) is 4.50. The maximum atomic E-state index is 12.8. The summed E-state index contributed by atoms with van der Waals surface area (Å²) < 4.78 is 5.26. The minimum absolute atomic E-state index is 0.137. The second kappa shape index (κ2) is 6.83. The molecule has 0 spiro atoms. The maximum Gasteiger partial charge on any atom is 0.292 e. The van der Waals surface area contributed by atoms with Gasteiger partial charge in [0.25, 0.3) is 5.91 Å². The molecule has 1 aromatic heterocycles. The molecule has 1 N–H and O–H groups in total. The van der Waals surface area contributed by atoms with Gasteiger partial charge in [-0.2, -0.15) is 0 Å². The topological polar surface area (TPSA) is 66.6 Å². The standard InChI is InChI=1S/C21H19ClN2O3/c1-14-6-8-15(9-7-14)21(26)10-11-24(13-21)20(25)19-12-18(23-27-19)16-4-2-3-5-17(16)22/h2-9,12,26H,10-11,13H2,1H3/t21-/m0/s1. The van der Waals surface area contributed by atoms with Gasteiger partial charge in [-0.1, -0.05) is 64.8 Å². The van der Waals surface area contributed by atoms with Crippen molar-refractivity contribution in [1.82, 2.24) is 10.1 Å². The van der Waals surface area contributed by atoms with Gasteiger partial charge < -0.3 is 14.5 Å². The van der Waals surface area contributed by atoms with Gasteiger partial charge in [0.1, 0.15) is 11.3 Å². The Balaban J connectivity index is 1.53. The third-order valence-electron chi connectivity index (χ3n) is 4.99. The molecule has 0 bridgehead atoms. The first-order valence-electron chi connectivity index (χ1n) is 8.77. The van der Waals surface area contributed by atoms with Crippen LogP contribution in [0.15, 0.2) is 59.1 Å². The molecule has 1 atom stereocenters. The number of aromatic nitrogens is 1. The number of hydrogen-bond acceptors (Lipinski definition) is 4. The molecule has 0 aliphatic carbocycles. The van der Waals surface area contributed by atoms with Gasteiger partial charge in [0.15, 0.2) is 0 Å². The van der Waals surface area contributed by atoms with E-state index in [0.717, 1.165) is 11.1 Å². The smallest absolute Gasteiger partial charge is 0.292 e. The van der Waals surface area contributed by atoms with Crippen LogP contribution in [0.4, 0.5) is 0 Å². The van der Waals surface area contributed by atoms with Crippen molar-refractivity contribution in [2.24, 2.45) is 0 Å². The van der Waals surface area contributed by atoms with Crippen molar-refractivity contribution < 1.29 is 14.4 Å². The molecule has 0 saturated carbocycles. The highest BCUT2D eigenvalue weighted by Crippen LogP contribution is 2.33. The Morgan fingerprint density at radius 2 is 1.96 bits per heavy atom. The summed E-state index contributed by atoms with van der Waals surface area (Å²) in [5.41, 5.74) is 2.12. The number of rotatable bonds is 3. The van der Waals surface area contributed by atoms with E-state index in [1.807, 2.05) is 49.4 Å². The van der Waals surface area contributed by atoms with Crippen LogP contribution in [0.3, 0.4) is 0 Å². The number of benzene rings is 2. The summed E-state index contributed by atoms with van der Waals surface area (Å²) in [7, 11) is 0. The Bertz CT molecular complexity index is 983. The molecule has 3 aromatic rings. The fraction of sp³-hybridized carbons (Fsp3) is 0.238. The zero-order chi connectivity index (χ0) is 19.0. The summed E-state index contributed by atoms with van der Waals surface area (Å²) in [4.78, 5) is 14.4. The van der Waals surface area contributed by atoms with Crippen molar-refractivity contribution >= 4 is 17.5 Å². The lowest BCUT2D eigenvalue weighted by molar-refractivity contribution is 0.0404. The summed E-state index contributed by atoms with van der Waals surface area (Å²) >= 11 is 6.18. The average Bonchev–Trinajstić information content (AvgIpc) is 3.30. The molecule has 0 radical (unpaired) electrons. The largest absolute Gasteiger partial charge is 0.383 e. The summed E-state index contributed by atoms with van der Waals surface area (Å²) in [6.45, 7) is 2.67. The van der Waals surface area contributed by atoms with Crippen molar-refractivity contribution in [3.05, 3.63) is 76.5 Å². The highest BCUT2D eigenvalue weighted by molar-refractivity contribution is 6.33. The average molecular weight is 383 g/mol. The van der Waals surface area contributed by atoms with Crippen LogP contribution in [-0.4, -0.2) is 34.2 Å². The number of amides is 1. The highest BCUT2D eigenvalue weighted by atomic mass is 35.5. The van der Waals surface area contributed by atoms with Crippen LogP contribution in [0.1, 0.15) is 28.1 Å². The molecule has 2 aromatic carbocycles. The fourth-order valence-electron chi connectivity index (χ4n) is 3.39. The minimum atomic E-state index is -1.05. The lowest BCUT2D eigenvalue weighted by Gasteiger charge is -2.23. The normalized spacial score (nSPS) is 19.4. The second-order valence-corrected chi connectivity index (χ2v) is 7.34. The van der Waals surface area contributed by atoms with E-state index in [1.165, 1.54) is 0 Å². The van der Waals surface area contributed by atoms with Gasteiger partial charge in [-0.25, -0.2) is 0 Å². The summed E-state index contributed by atoms with van der Waals surface area (Å²) in [5.74, 6) is -0.151. The van der Waals surface area contributed by atoms with Gasteiger partial charge >= 0.3 is 0 Å². The molecule has 1 fully saturated rings. The van der Waals surface area contributed by atoms with Gasteiger partial charge in [0, 0.05) is 18.2 Å². The molecule has 1 saturated heterocycles. The number of halogens is 1. The molecule has 1 amide bonds. The van der Waals surface area contributed by atoms with Crippen molar-refractivity contribution in [2.75, 3.05) is 13.1 Å². The Hall–Kier alpha value is -2.63. The number of carbonyl (C=O) groups excluding carboxylic acids is 1. The molecule has 2 heterocycles. The van der Waals surface area contributed by atoms with Crippen LogP contribution in [0.2, 0.25) is 5.02 Å². The highest BCUT2D eigenvalue weighted by Gasteiger charge is 2.40. The van der Waals surface area contributed by atoms with Crippen LogP contribution in [-0.2, 0) is 5.60 Å². The van der Waals surface area contributed by atoms with E-state index in [0.29, 0.717) is 29.2 Å². The fourth-order valence-corrected chi connectivity index (χ4v) is 3.63. The predicted molar refractivity (Wildman–Crippen MR) is 103 cm³/mol. The van der Waals surface area contributed by atoms with E-state index >= 15 is 0 Å². The molecular formula is C21H19ClN2O3. The van der Waals surface area contributed by atoms with E-state index in [2.05, 4.69) is 5.16 Å². The van der Waals surface area contributed by atoms with E-state index in [-0.39, 0.29) is 18.2 Å².